The third-order valence-electron chi connectivity index (χ3n) is 8.69. The number of fused-ring (bicyclic) bond motifs is 1. The lowest BCUT2D eigenvalue weighted by molar-refractivity contribution is -0.165. The van der Waals surface area contributed by atoms with Crippen LogP contribution in [0.2, 0.25) is 0 Å². The summed E-state index contributed by atoms with van der Waals surface area (Å²) >= 11 is 0. The summed E-state index contributed by atoms with van der Waals surface area (Å²) in [6.45, 7) is 8.25. The van der Waals surface area contributed by atoms with E-state index in [0.29, 0.717) is 18.7 Å². The SMILES string of the molecule is Cc1c(-c2cnc3c(cnn3C)c2)nn(-c2ccccc2)c1CC(=O)C[C@@H]1CN(CC(C)(C)CN(C)C)O[C@H]1c1ccc(F)c(F)c1. The third kappa shape index (κ3) is 7.02. The molecule has 2 atom stereocenters. The van der Waals surface area contributed by atoms with Crippen LogP contribution in [0, 0.1) is 29.9 Å². The van der Waals surface area contributed by atoms with Crippen LogP contribution in [0.4, 0.5) is 8.78 Å². The van der Waals surface area contributed by atoms with Gasteiger partial charge in [0.1, 0.15) is 11.9 Å². The predicted molar refractivity (Wildman–Crippen MR) is 177 cm³/mol. The molecule has 0 bridgehead atoms. The minimum absolute atomic E-state index is 0.00755. The van der Waals surface area contributed by atoms with Gasteiger partial charge in [0, 0.05) is 62.6 Å². The molecule has 0 aliphatic carbocycles. The van der Waals surface area contributed by atoms with Crippen LogP contribution in [0.1, 0.15) is 43.2 Å². The fourth-order valence-corrected chi connectivity index (χ4v) is 6.85. The van der Waals surface area contributed by atoms with E-state index in [1.165, 1.54) is 6.07 Å². The first-order valence-corrected chi connectivity index (χ1v) is 15.8. The molecule has 246 valence electrons. The second-order valence-electron chi connectivity index (χ2n) is 13.7. The number of aryl methyl sites for hydroxylation is 1. The van der Waals surface area contributed by atoms with Crippen LogP contribution in [0.15, 0.2) is 67.0 Å². The summed E-state index contributed by atoms with van der Waals surface area (Å²) in [6, 6.07) is 15.6. The van der Waals surface area contributed by atoms with E-state index in [1.54, 1.807) is 23.1 Å². The molecule has 0 amide bonds. The van der Waals surface area contributed by atoms with Gasteiger partial charge in [-0.25, -0.2) is 18.4 Å². The van der Waals surface area contributed by atoms with Crippen molar-refractivity contribution in [2.24, 2.45) is 18.4 Å². The second-order valence-corrected chi connectivity index (χ2v) is 13.7. The van der Waals surface area contributed by atoms with Crippen molar-refractivity contribution in [3.63, 3.8) is 0 Å². The van der Waals surface area contributed by atoms with E-state index < -0.39 is 17.7 Å². The molecule has 1 aliphatic heterocycles. The summed E-state index contributed by atoms with van der Waals surface area (Å²) in [7, 11) is 5.91. The lowest BCUT2D eigenvalue weighted by atomic mass is 9.89. The molecule has 9 nitrogen and oxygen atoms in total. The first-order valence-electron chi connectivity index (χ1n) is 15.8. The number of ketones is 1. The Balaban J connectivity index is 1.29. The minimum Gasteiger partial charge on any atom is -0.309 e. The molecule has 4 heterocycles. The second kappa shape index (κ2) is 13.1. The molecule has 0 spiro atoms. The van der Waals surface area contributed by atoms with E-state index in [9.17, 15) is 13.6 Å². The van der Waals surface area contributed by atoms with Gasteiger partial charge in [-0.1, -0.05) is 38.1 Å². The normalized spacial score (nSPS) is 17.3. The Morgan fingerprint density at radius 3 is 2.55 bits per heavy atom. The van der Waals surface area contributed by atoms with Crippen molar-refractivity contribution < 1.29 is 18.4 Å². The number of carbonyl (C=O) groups is 1. The number of carbonyl (C=O) groups excluding carboxylic acids is 1. The van der Waals surface area contributed by atoms with Crippen LogP contribution in [-0.4, -0.2) is 74.0 Å². The van der Waals surface area contributed by atoms with Gasteiger partial charge in [0.15, 0.2) is 17.3 Å². The van der Waals surface area contributed by atoms with Gasteiger partial charge in [0.2, 0.25) is 0 Å². The zero-order chi connectivity index (χ0) is 33.5. The number of aromatic nitrogens is 5. The van der Waals surface area contributed by atoms with E-state index >= 15 is 0 Å². The number of benzene rings is 2. The van der Waals surface area contributed by atoms with Gasteiger partial charge in [-0.05, 0) is 67.9 Å². The van der Waals surface area contributed by atoms with Crippen molar-refractivity contribution in [3.05, 3.63) is 95.4 Å². The number of hydroxylamine groups is 2. The summed E-state index contributed by atoms with van der Waals surface area (Å²) in [5.74, 6) is -2.10. The lowest BCUT2D eigenvalue weighted by Gasteiger charge is -2.32. The van der Waals surface area contributed by atoms with Crippen molar-refractivity contribution in [1.82, 2.24) is 34.5 Å². The highest BCUT2D eigenvalue weighted by Gasteiger charge is 2.39. The molecule has 3 aromatic heterocycles. The highest BCUT2D eigenvalue weighted by Crippen LogP contribution is 2.39. The number of para-hydroxylation sites is 1. The number of nitrogens with zero attached hydrogens (tertiary/aromatic N) is 7. The van der Waals surface area contributed by atoms with Gasteiger partial charge in [0.25, 0.3) is 0 Å². The highest BCUT2D eigenvalue weighted by molar-refractivity contribution is 5.84. The summed E-state index contributed by atoms with van der Waals surface area (Å²) < 4.78 is 31.8. The van der Waals surface area contributed by atoms with Crippen LogP contribution in [-0.2, 0) is 23.1 Å². The molecule has 0 radical (unpaired) electrons. The topological polar surface area (TPSA) is 81.3 Å². The fourth-order valence-electron chi connectivity index (χ4n) is 6.85. The Bertz CT molecular complexity index is 1900. The number of halogens is 2. The average molecular weight is 642 g/mol. The summed E-state index contributed by atoms with van der Waals surface area (Å²) in [6.07, 6.45) is 3.32. The Morgan fingerprint density at radius 2 is 1.83 bits per heavy atom. The average Bonchev–Trinajstić information content (AvgIpc) is 3.68. The number of rotatable bonds is 11. The molecule has 0 saturated carbocycles. The van der Waals surface area contributed by atoms with Crippen LogP contribution >= 0.6 is 0 Å². The molecule has 6 rings (SSSR count). The largest absolute Gasteiger partial charge is 0.309 e. The third-order valence-corrected chi connectivity index (χ3v) is 8.69. The molecule has 1 saturated heterocycles. The zero-order valence-electron chi connectivity index (χ0n) is 27.7. The molecular formula is C36H41F2N7O2. The Labute approximate surface area is 273 Å². The van der Waals surface area contributed by atoms with Gasteiger partial charge in [-0.3, -0.25) is 14.3 Å². The van der Waals surface area contributed by atoms with E-state index in [2.05, 4.69) is 28.8 Å². The summed E-state index contributed by atoms with van der Waals surface area (Å²) in [4.78, 5) is 27.1. The van der Waals surface area contributed by atoms with E-state index in [1.807, 2.05) is 74.2 Å². The van der Waals surface area contributed by atoms with Gasteiger partial charge < -0.3 is 4.90 Å². The predicted octanol–water partition coefficient (Wildman–Crippen LogP) is 6.10. The zero-order valence-corrected chi connectivity index (χ0v) is 27.7. The summed E-state index contributed by atoms with van der Waals surface area (Å²) in [5, 5.41) is 12.1. The van der Waals surface area contributed by atoms with Crippen molar-refractivity contribution in [2.75, 3.05) is 33.7 Å². The molecule has 1 fully saturated rings. The number of hydrogen-bond donors (Lipinski definition) is 0. The Hall–Kier alpha value is -4.32. The first kappa shape index (κ1) is 32.6. The van der Waals surface area contributed by atoms with Gasteiger partial charge in [-0.2, -0.15) is 15.3 Å². The Kier molecular flexibility index (Phi) is 9.06. The number of hydrogen-bond acceptors (Lipinski definition) is 7. The molecular weight excluding hydrogens is 600 g/mol. The Morgan fingerprint density at radius 1 is 1.06 bits per heavy atom. The molecule has 1 aliphatic rings. The van der Waals surface area contributed by atoms with Crippen LogP contribution in [0.5, 0.6) is 0 Å². The monoisotopic (exact) mass is 641 g/mol. The van der Waals surface area contributed by atoms with Crippen LogP contribution < -0.4 is 0 Å². The molecule has 2 aromatic carbocycles. The van der Waals surface area contributed by atoms with Crippen molar-refractivity contribution >= 4 is 16.8 Å². The van der Waals surface area contributed by atoms with Crippen molar-refractivity contribution in [3.8, 4) is 16.9 Å². The maximum atomic E-state index is 14.4. The molecule has 0 N–H and O–H groups in total. The van der Waals surface area contributed by atoms with Crippen LogP contribution in [0.3, 0.4) is 0 Å². The quantitative estimate of drug-likeness (QED) is 0.172. The van der Waals surface area contributed by atoms with Crippen molar-refractivity contribution in [1.29, 1.82) is 0 Å². The van der Waals surface area contributed by atoms with E-state index in [0.717, 1.165) is 51.8 Å². The fraction of sp³-hybridized carbons (Fsp3) is 0.389. The van der Waals surface area contributed by atoms with E-state index in [-0.39, 0.29) is 30.0 Å². The van der Waals surface area contributed by atoms with Gasteiger partial charge in [0.05, 0.1) is 23.3 Å². The smallest absolute Gasteiger partial charge is 0.159 e. The molecule has 47 heavy (non-hydrogen) atoms. The minimum atomic E-state index is -0.934. The molecule has 5 aromatic rings. The van der Waals surface area contributed by atoms with E-state index in [4.69, 9.17) is 9.94 Å². The van der Waals surface area contributed by atoms with Crippen molar-refractivity contribution in [2.45, 2.75) is 39.7 Å². The van der Waals surface area contributed by atoms with Gasteiger partial charge >= 0.3 is 0 Å². The van der Waals surface area contributed by atoms with Crippen LogP contribution in [0.25, 0.3) is 28.0 Å². The molecule has 0 unspecified atom stereocenters. The maximum Gasteiger partial charge on any atom is 0.159 e. The highest BCUT2D eigenvalue weighted by atomic mass is 19.2. The standard InChI is InChI=1S/C36H41F2N7O2/c1-23-32(45(28-10-8-7-9-11-28)41-33(23)25-14-26-19-40-43(6)35(26)39-18-25)17-29(46)15-27-20-44(22-36(2,3)21-42(4)5)47-34(27)24-12-13-30(37)31(38)16-24/h7-14,16,18-19,27,34H,15,17,20-22H2,1-6H3/t27-,34+/m1/s1. The number of pyridine rings is 1. The van der Waals surface area contributed by atoms with Gasteiger partial charge in [-0.15, -0.1) is 0 Å². The first-order chi connectivity index (χ1) is 22.4. The number of Topliss-reactive ketones (excluding diaryl/α,β-unsaturated/α-hetero) is 1. The maximum absolute atomic E-state index is 14.4. The summed E-state index contributed by atoms with van der Waals surface area (Å²) in [5.41, 5.74) is 5.29. The molecule has 11 heteroatoms. The lowest BCUT2D eigenvalue weighted by Crippen LogP contribution is -2.39.